The number of hydrogen-bond acceptors (Lipinski definition) is 9. The molecule has 0 unspecified atom stereocenters. The van der Waals surface area contributed by atoms with Crippen LogP contribution in [0.2, 0.25) is 0 Å². The summed E-state index contributed by atoms with van der Waals surface area (Å²) in [5.41, 5.74) is -2.43. The summed E-state index contributed by atoms with van der Waals surface area (Å²) in [4.78, 5) is 31.3. The highest BCUT2D eigenvalue weighted by Gasteiger charge is 2.48. The second kappa shape index (κ2) is 23.4. The van der Waals surface area contributed by atoms with E-state index in [0.717, 1.165) is 50.4 Å². The van der Waals surface area contributed by atoms with Crippen LogP contribution in [0.3, 0.4) is 0 Å². The number of rotatable bonds is 22. The Kier molecular flexibility index (Phi) is 25.1. The van der Waals surface area contributed by atoms with Crippen LogP contribution < -0.4 is 0 Å². The molecule has 0 rings (SSSR count). The maximum absolute atomic E-state index is 11.4. The van der Waals surface area contributed by atoms with Crippen LogP contribution in [-0.2, 0) is 4.31 Å². The maximum Gasteiger partial charge on any atom is 0.334 e. The van der Waals surface area contributed by atoms with Crippen LogP contribution in [0.1, 0.15) is 118 Å². The van der Waals surface area contributed by atoms with Crippen LogP contribution in [0.15, 0.2) is 0 Å². The van der Waals surface area contributed by atoms with E-state index in [0.29, 0.717) is 12.8 Å². The maximum atomic E-state index is 11.4. The van der Waals surface area contributed by atoms with Gasteiger partial charge in [-0.2, -0.15) is 0 Å². The highest BCUT2D eigenvalue weighted by molar-refractivity contribution is 7.53. The van der Waals surface area contributed by atoms with Gasteiger partial charge in [-0.15, -0.1) is 0 Å². The van der Waals surface area contributed by atoms with Gasteiger partial charge in [0.05, 0.1) is 30.8 Å². The van der Waals surface area contributed by atoms with E-state index in [9.17, 15) is 20.4 Å². The first kappa shape index (κ1) is 38.6. The van der Waals surface area contributed by atoms with E-state index in [1.165, 1.54) is 38.5 Å². The van der Waals surface area contributed by atoms with E-state index in [4.69, 9.17) is 19.6 Å². The lowest BCUT2D eigenvalue weighted by Gasteiger charge is -2.44. The summed E-state index contributed by atoms with van der Waals surface area (Å²) >= 11 is 0. The van der Waals surface area contributed by atoms with Gasteiger partial charge >= 0.3 is 17.2 Å². The summed E-state index contributed by atoms with van der Waals surface area (Å²) in [5.74, 6) is 1.51. The standard InChI is InChI=1S/C25H52O4.H4O5P2/c1-22(2)15-11-7-5-9-13-17-25(29,24(19-26,20-27)21-28)18-14-10-6-8-12-16-23(3)4;1-6(2)5-7(3)4/h22-23,26-29H,5-21H2,1-4H3;1-4H. The van der Waals surface area contributed by atoms with Crippen LogP contribution >= 0.6 is 17.2 Å². The molecule has 0 aliphatic carbocycles. The van der Waals surface area contributed by atoms with Crippen molar-refractivity contribution in [2.45, 2.75) is 123 Å². The highest BCUT2D eigenvalue weighted by Crippen LogP contribution is 2.42. The lowest BCUT2D eigenvalue weighted by molar-refractivity contribution is -0.162. The van der Waals surface area contributed by atoms with Gasteiger partial charge in [0.25, 0.3) is 0 Å². The lowest BCUT2D eigenvalue weighted by atomic mass is 9.68. The molecule has 11 heteroatoms. The smallest absolute Gasteiger partial charge is 0.334 e. The molecule has 0 fully saturated rings. The first-order chi connectivity index (χ1) is 16.9. The third kappa shape index (κ3) is 19.6. The SMILES string of the molecule is CC(C)CCCCCCCC(O)(CCCCCCCC(C)C)C(CO)(CO)CO.OP(O)OP(O)O. The molecule has 0 aromatic heterocycles. The molecule has 0 aromatic rings. The van der Waals surface area contributed by atoms with E-state index in [-0.39, 0.29) is 19.8 Å². The molecule has 0 atom stereocenters. The van der Waals surface area contributed by atoms with Crippen molar-refractivity contribution in [3.05, 3.63) is 0 Å². The summed E-state index contributed by atoms with van der Waals surface area (Å²) in [7, 11) is -5.22. The van der Waals surface area contributed by atoms with Crippen molar-refractivity contribution >= 4 is 17.2 Å². The van der Waals surface area contributed by atoms with Gasteiger partial charge in [0.1, 0.15) is 0 Å². The van der Waals surface area contributed by atoms with E-state index in [2.05, 4.69) is 32.0 Å². The summed E-state index contributed by atoms with van der Waals surface area (Å²) in [6.45, 7) is 7.84. The molecule has 220 valence electrons. The average molecular weight is 563 g/mol. The molecule has 0 aliphatic rings. The molecule has 0 amide bonds. The zero-order valence-electron chi connectivity index (χ0n) is 23.1. The predicted molar refractivity (Wildman–Crippen MR) is 147 cm³/mol. The molecule has 0 spiro atoms. The zero-order valence-corrected chi connectivity index (χ0v) is 24.8. The minimum atomic E-state index is -2.61. The highest BCUT2D eigenvalue weighted by atomic mass is 31.2. The molecule has 0 heterocycles. The minimum Gasteiger partial charge on any atom is -0.395 e. The molecule has 0 aliphatic heterocycles. The van der Waals surface area contributed by atoms with Crippen LogP contribution in [0.4, 0.5) is 0 Å². The van der Waals surface area contributed by atoms with Gasteiger partial charge in [-0.25, -0.2) is 4.31 Å². The molecule has 36 heavy (non-hydrogen) atoms. The fraction of sp³-hybridized carbons (Fsp3) is 1.00. The van der Waals surface area contributed by atoms with Gasteiger partial charge in [-0.3, -0.25) is 0 Å². The van der Waals surface area contributed by atoms with Crippen molar-refractivity contribution in [1.29, 1.82) is 0 Å². The van der Waals surface area contributed by atoms with Crippen molar-refractivity contribution in [1.82, 2.24) is 0 Å². The minimum absolute atomic E-state index is 0.390. The predicted octanol–water partition coefficient (Wildman–Crippen LogP) is 4.88. The molecule has 0 radical (unpaired) electrons. The third-order valence-electron chi connectivity index (χ3n) is 6.78. The Hall–Kier alpha value is 0.500. The second-order valence-corrected chi connectivity index (χ2v) is 12.4. The Morgan fingerprint density at radius 3 is 1.11 bits per heavy atom. The largest absolute Gasteiger partial charge is 0.395 e. The fourth-order valence-corrected chi connectivity index (χ4v) is 4.84. The van der Waals surface area contributed by atoms with E-state index in [1.54, 1.807) is 0 Å². The van der Waals surface area contributed by atoms with Gasteiger partial charge in [-0.05, 0) is 24.7 Å². The topological polar surface area (TPSA) is 171 Å². The van der Waals surface area contributed by atoms with Gasteiger partial charge in [0, 0.05) is 0 Å². The molecule has 8 N–H and O–H groups in total. The van der Waals surface area contributed by atoms with Crippen molar-refractivity contribution < 1.29 is 44.3 Å². The van der Waals surface area contributed by atoms with Crippen molar-refractivity contribution in [2.24, 2.45) is 17.3 Å². The Balaban J connectivity index is 0. The van der Waals surface area contributed by atoms with Gasteiger partial charge in [-0.1, -0.05) is 105 Å². The van der Waals surface area contributed by atoms with Crippen molar-refractivity contribution in [2.75, 3.05) is 19.8 Å². The van der Waals surface area contributed by atoms with E-state index in [1.807, 2.05) is 0 Å². The molecule has 9 nitrogen and oxygen atoms in total. The summed E-state index contributed by atoms with van der Waals surface area (Å²) in [5, 5.41) is 41.0. The molecular formula is C25H56O9P2. The Bertz CT molecular complexity index is 440. The number of hydrogen-bond donors (Lipinski definition) is 8. The lowest BCUT2D eigenvalue weighted by Crippen LogP contribution is -2.55. The molecular weight excluding hydrogens is 506 g/mol. The summed E-state index contributed by atoms with van der Waals surface area (Å²) in [6.07, 6.45) is 14.7. The van der Waals surface area contributed by atoms with Gasteiger partial charge < -0.3 is 40.0 Å². The first-order valence-corrected chi connectivity index (χ1v) is 15.8. The Morgan fingerprint density at radius 1 is 0.556 bits per heavy atom. The fourth-order valence-electron chi connectivity index (χ4n) is 4.31. The van der Waals surface area contributed by atoms with Crippen molar-refractivity contribution in [3.63, 3.8) is 0 Å². The quantitative estimate of drug-likeness (QED) is 0.0676. The molecule has 0 bridgehead atoms. The van der Waals surface area contributed by atoms with Crippen LogP contribution in [0.25, 0.3) is 0 Å². The average Bonchev–Trinajstić information content (AvgIpc) is 2.78. The third-order valence-corrected chi connectivity index (χ3v) is 7.95. The Morgan fingerprint density at radius 2 is 0.861 bits per heavy atom. The first-order valence-electron chi connectivity index (χ1n) is 13.5. The molecule has 0 saturated carbocycles. The zero-order chi connectivity index (χ0) is 28.0. The summed E-state index contributed by atoms with van der Waals surface area (Å²) < 4.78 is 3.60. The van der Waals surface area contributed by atoms with Crippen molar-refractivity contribution in [3.8, 4) is 0 Å². The number of aliphatic hydroxyl groups excluding tert-OH is 3. The van der Waals surface area contributed by atoms with Crippen LogP contribution in [0.5, 0.6) is 0 Å². The summed E-state index contributed by atoms with van der Waals surface area (Å²) in [6, 6.07) is 0. The van der Waals surface area contributed by atoms with Crippen LogP contribution in [0, 0.1) is 17.3 Å². The normalized spacial score (nSPS) is 12.7. The molecule has 0 saturated heterocycles. The molecule has 0 aromatic carbocycles. The van der Waals surface area contributed by atoms with Gasteiger partial charge in [0.2, 0.25) is 0 Å². The van der Waals surface area contributed by atoms with Crippen LogP contribution in [-0.4, -0.2) is 65.4 Å². The van der Waals surface area contributed by atoms with Gasteiger partial charge in [0.15, 0.2) is 0 Å². The number of aliphatic hydroxyl groups is 4. The Labute approximate surface area is 221 Å². The van der Waals surface area contributed by atoms with E-state index >= 15 is 0 Å². The second-order valence-electron chi connectivity index (χ2n) is 10.8. The monoisotopic (exact) mass is 562 g/mol. The van der Waals surface area contributed by atoms with E-state index < -0.39 is 28.2 Å². The number of unbranched alkanes of at least 4 members (excludes halogenated alkanes) is 8.